The van der Waals surface area contributed by atoms with Gasteiger partial charge in [-0.1, -0.05) is 35.9 Å². The SMILES string of the molecule is COc1cccc(CNC(=O)COC(=O)/C=C/c2ccc(Cl)cc2)c1. The van der Waals surface area contributed by atoms with Gasteiger partial charge in [-0.05, 0) is 41.5 Å². The number of hydrogen-bond donors (Lipinski definition) is 1. The van der Waals surface area contributed by atoms with Crippen molar-refractivity contribution < 1.29 is 19.1 Å². The number of rotatable bonds is 7. The zero-order chi connectivity index (χ0) is 18.1. The first kappa shape index (κ1) is 18.5. The fourth-order valence-corrected chi connectivity index (χ4v) is 2.08. The smallest absolute Gasteiger partial charge is 0.331 e. The van der Waals surface area contributed by atoms with Crippen LogP contribution in [0.2, 0.25) is 5.02 Å². The highest BCUT2D eigenvalue weighted by Gasteiger charge is 2.05. The second-order valence-corrected chi connectivity index (χ2v) is 5.56. The lowest BCUT2D eigenvalue weighted by Gasteiger charge is -2.07. The van der Waals surface area contributed by atoms with Crippen LogP contribution in [0.1, 0.15) is 11.1 Å². The summed E-state index contributed by atoms with van der Waals surface area (Å²) in [6.07, 6.45) is 2.85. The lowest BCUT2D eigenvalue weighted by atomic mass is 10.2. The maximum Gasteiger partial charge on any atom is 0.331 e. The van der Waals surface area contributed by atoms with Crippen molar-refractivity contribution in [3.63, 3.8) is 0 Å². The molecule has 0 atom stereocenters. The largest absolute Gasteiger partial charge is 0.497 e. The number of nitrogens with one attached hydrogen (secondary N) is 1. The van der Waals surface area contributed by atoms with Crippen molar-refractivity contribution in [3.8, 4) is 5.75 Å². The molecule has 0 aliphatic heterocycles. The van der Waals surface area contributed by atoms with Crippen LogP contribution in [0.25, 0.3) is 6.08 Å². The van der Waals surface area contributed by atoms with Crippen molar-refractivity contribution in [2.45, 2.75) is 6.54 Å². The van der Waals surface area contributed by atoms with Crippen molar-refractivity contribution in [2.75, 3.05) is 13.7 Å². The van der Waals surface area contributed by atoms with Crippen LogP contribution >= 0.6 is 11.6 Å². The summed E-state index contributed by atoms with van der Waals surface area (Å²) < 4.78 is 10.0. The van der Waals surface area contributed by atoms with Crippen LogP contribution in [0.5, 0.6) is 5.75 Å². The normalized spacial score (nSPS) is 10.5. The number of amides is 1. The Balaban J connectivity index is 1.73. The van der Waals surface area contributed by atoms with Crippen LogP contribution in [-0.2, 0) is 20.9 Å². The summed E-state index contributed by atoms with van der Waals surface area (Å²) in [7, 11) is 1.58. The molecule has 0 bridgehead atoms. The van der Waals surface area contributed by atoms with Gasteiger partial charge in [-0.2, -0.15) is 0 Å². The van der Waals surface area contributed by atoms with Crippen LogP contribution in [0.15, 0.2) is 54.6 Å². The first-order chi connectivity index (χ1) is 12.1. The Bertz CT molecular complexity index is 756. The van der Waals surface area contributed by atoms with Gasteiger partial charge >= 0.3 is 5.97 Å². The van der Waals surface area contributed by atoms with E-state index in [1.54, 1.807) is 37.5 Å². The first-order valence-corrected chi connectivity index (χ1v) is 7.94. The standard InChI is InChI=1S/C19H18ClNO4/c1-24-17-4-2-3-15(11-17)12-21-18(22)13-25-19(23)10-7-14-5-8-16(20)9-6-14/h2-11H,12-13H2,1H3,(H,21,22)/b10-7+. The minimum Gasteiger partial charge on any atom is -0.497 e. The molecule has 0 saturated carbocycles. The predicted molar refractivity (Wildman–Crippen MR) is 96.3 cm³/mol. The van der Waals surface area contributed by atoms with E-state index in [4.69, 9.17) is 21.1 Å². The van der Waals surface area contributed by atoms with Gasteiger partial charge in [0.15, 0.2) is 6.61 Å². The number of carbonyl (C=O) groups excluding carboxylic acids is 2. The van der Waals surface area contributed by atoms with E-state index in [1.165, 1.54) is 6.08 Å². The van der Waals surface area contributed by atoms with E-state index in [0.29, 0.717) is 17.3 Å². The summed E-state index contributed by atoms with van der Waals surface area (Å²) >= 11 is 5.78. The first-order valence-electron chi connectivity index (χ1n) is 7.57. The van der Waals surface area contributed by atoms with Crippen molar-refractivity contribution in [3.05, 3.63) is 70.8 Å². The second-order valence-electron chi connectivity index (χ2n) is 5.12. The van der Waals surface area contributed by atoms with Crippen LogP contribution in [0, 0.1) is 0 Å². The molecule has 25 heavy (non-hydrogen) atoms. The number of benzene rings is 2. The topological polar surface area (TPSA) is 64.6 Å². The molecule has 130 valence electrons. The average molecular weight is 360 g/mol. The number of esters is 1. The van der Waals surface area contributed by atoms with Gasteiger partial charge in [0, 0.05) is 17.6 Å². The fraction of sp³-hybridized carbons (Fsp3) is 0.158. The predicted octanol–water partition coefficient (Wildman–Crippen LogP) is 3.22. The van der Waals surface area contributed by atoms with E-state index >= 15 is 0 Å². The Hall–Kier alpha value is -2.79. The molecule has 2 aromatic rings. The van der Waals surface area contributed by atoms with Gasteiger partial charge in [-0.25, -0.2) is 4.79 Å². The van der Waals surface area contributed by atoms with Crippen molar-refractivity contribution in [2.24, 2.45) is 0 Å². The third kappa shape index (κ3) is 6.69. The summed E-state index contributed by atoms with van der Waals surface area (Å²) in [5, 5.41) is 3.29. The highest BCUT2D eigenvalue weighted by Crippen LogP contribution is 2.12. The average Bonchev–Trinajstić information content (AvgIpc) is 2.64. The molecule has 5 nitrogen and oxygen atoms in total. The molecule has 0 radical (unpaired) electrons. The number of hydrogen-bond acceptors (Lipinski definition) is 4. The molecule has 0 fully saturated rings. The van der Waals surface area contributed by atoms with Crippen LogP contribution in [0.4, 0.5) is 0 Å². The summed E-state index contributed by atoms with van der Waals surface area (Å²) in [5.74, 6) is -0.256. The number of halogens is 1. The van der Waals surface area contributed by atoms with E-state index in [-0.39, 0.29) is 12.5 Å². The molecular weight excluding hydrogens is 342 g/mol. The Kier molecular flexibility index (Phi) is 7.04. The van der Waals surface area contributed by atoms with Crippen LogP contribution in [-0.4, -0.2) is 25.6 Å². The third-order valence-electron chi connectivity index (χ3n) is 3.25. The summed E-state index contributed by atoms with van der Waals surface area (Å²) in [6.45, 7) is -0.0119. The number of carbonyl (C=O) groups is 2. The summed E-state index contributed by atoms with van der Waals surface area (Å²) in [4.78, 5) is 23.3. The quantitative estimate of drug-likeness (QED) is 0.609. The molecule has 1 amide bonds. The molecule has 0 aliphatic carbocycles. The van der Waals surface area contributed by atoms with Crippen LogP contribution < -0.4 is 10.1 Å². The molecular formula is C19H18ClNO4. The summed E-state index contributed by atoms with van der Waals surface area (Å²) in [6, 6.07) is 14.3. The van der Waals surface area contributed by atoms with Gasteiger partial charge in [0.05, 0.1) is 7.11 Å². The maximum absolute atomic E-state index is 11.7. The highest BCUT2D eigenvalue weighted by atomic mass is 35.5. The molecule has 6 heteroatoms. The Morgan fingerprint density at radius 1 is 1.16 bits per heavy atom. The second kappa shape index (κ2) is 9.49. The highest BCUT2D eigenvalue weighted by molar-refractivity contribution is 6.30. The fourth-order valence-electron chi connectivity index (χ4n) is 1.96. The molecule has 1 N–H and O–H groups in total. The van der Waals surface area contributed by atoms with Crippen molar-refractivity contribution >= 4 is 29.6 Å². The lowest BCUT2D eigenvalue weighted by molar-refractivity contribution is -0.143. The minimum atomic E-state index is -0.591. The molecule has 0 spiro atoms. The zero-order valence-electron chi connectivity index (χ0n) is 13.7. The van der Waals surface area contributed by atoms with E-state index in [0.717, 1.165) is 11.1 Å². The van der Waals surface area contributed by atoms with E-state index in [1.807, 2.05) is 24.3 Å². The molecule has 0 unspecified atom stereocenters. The van der Waals surface area contributed by atoms with E-state index in [2.05, 4.69) is 5.32 Å². The van der Waals surface area contributed by atoms with Crippen molar-refractivity contribution in [1.82, 2.24) is 5.32 Å². The molecule has 0 heterocycles. The van der Waals surface area contributed by atoms with Crippen molar-refractivity contribution in [1.29, 1.82) is 0 Å². The van der Waals surface area contributed by atoms with E-state index < -0.39 is 5.97 Å². The summed E-state index contributed by atoms with van der Waals surface area (Å²) in [5.41, 5.74) is 1.70. The van der Waals surface area contributed by atoms with Gasteiger partial charge in [0.25, 0.3) is 5.91 Å². The Morgan fingerprint density at radius 3 is 2.64 bits per heavy atom. The van der Waals surface area contributed by atoms with Gasteiger partial charge in [0.2, 0.25) is 0 Å². The maximum atomic E-state index is 11.7. The Labute approximate surface area is 151 Å². The minimum absolute atomic E-state index is 0.328. The lowest BCUT2D eigenvalue weighted by Crippen LogP contribution is -2.28. The molecule has 0 saturated heterocycles. The van der Waals surface area contributed by atoms with Crippen LogP contribution in [0.3, 0.4) is 0 Å². The van der Waals surface area contributed by atoms with Gasteiger partial charge in [0.1, 0.15) is 5.75 Å². The molecule has 0 aromatic heterocycles. The molecule has 2 rings (SSSR count). The third-order valence-corrected chi connectivity index (χ3v) is 3.50. The monoisotopic (exact) mass is 359 g/mol. The Morgan fingerprint density at radius 2 is 1.92 bits per heavy atom. The van der Waals surface area contributed by atoms with Gasteiger partial charge in [-0.3, -0.25) is 4.79 Å². The zero-order valence-corrected chi connectivity index (χ0v) is 14.5. The molecule has 2 aromatic carbocycles. The van der Waals surface area contributed by atoms with Gasteiger partial charge in [-0.15, -0.1) is 0 Å². The number of methoxy groups -OCH3 is 1. The van der Waals surface area contributed by atoms with E-state index in [9.17, 15) is 9.59 Å². The number of ether oxygens (including phenoxy) is 2. The van der Waals surface area contributed by atoms with Gasteiger partial charge < -0.3 is 14.8 Å². The molecule has 0 aliphatic rings.